The van der Waals surface area contributed by atoms with Crippen molar-refractivity contribution < 1.29 is 18.7 Å². The molecule has 1 aromatic heterocycles. The molecule has 1 amide bonds. The molecule has 5 rings (SSSR count). The molecule has 0 atom stereocenters. The van der Waals surface area contributed by atoms with Crippen LogP contribution in [0, 0.1) is 6.92 Å². The molecular formula is C28H22N2O4. The first-order valence-electron chi connectivity index (χ1n) is 10.9. The molecule has 0 aliphatic rings. The molecule has 0 saturated carbocycles. The number of aryl methyl sites for hydroxylation is 1. The van der Waals surface area contributed by atoms with Crippen LogP contribution in [0.25, 0.3) is 22.6 Å². The summed E-state index contributed by atoms with van der Waals surface area (Å²) in [5.41, 5.74) is 3.87. The van der Waals surface area contributed by atoms with Gasteiger partial charge < -0.3 is 19.2 Å². The predicted molar refractivity (Wildman–Crippen MR) is 131 cm³/mol. The molecule has 0 fully saturated rings. The van der Waals surface area contributed by atoms with E-state index in [0.29, 0.717) is 34.2 Å². The molecule has 0 bridgehead atoms. The fourth-order valence-corrected chi connectivity index (χ4v) is 3.40. The van der Waals surface area contributed by atoms with Crippen LogP contribution in [0.2, 0.25) is 0 Å². The summed E-state index contributed by atoms with van der Waals surface area (Å²) in [5.74, 6) is 1.12. The number of aromatic nitrogens is 1. The lowest BCUT2D eigenvalue weighted by Gasteiger charge is -2.20. The van der Waals surface area contributed by atoms with Gasteiger partial charge in [-0.25, -0.2) is 4.98 Å². The highest BCUT2D eigenvalue weighted by atomic mass is 16.7. The zero-order valence-corrected chi connectivity index (χ0v) is 18.5. The van der Waals surface area contributed by atoms with Gasteiger partial charge in [-0.05, 0) is 61.5 Å². The molecule has 34 heavy (non-hydrogen) atoms. The van der Waals surface area contributed by atoms with Gasteiger partial charge in [-0.15, -0.1) is 0 Å². The molecule has 1 N–H and O–H groups in total. The molecule has 0 radical (unpaired) electrons. The minimum absolute atomic E-state index is 0.450. The predicted octanol–water partition coefficient (Wildman–Crippen LogP) is 6.23. The fraction of sp³-hybridized carbons (Fsp3) is 0.0714. The van der Waals surface area contributed by atoms with Crippen LogP contribution in [0.4, 0.5) is 5.69 Å². The van der Waals surface area contributed by atoms with Crippen molar-refractivity contribution in [1.29, 1.82) is 0 Å². The summed E-state index contributed by atoms with van der Waals surface area (Å²) in [6.07, 6.45) is -1.19. The number of carbonyl (C=O) groups excluding carboxylic acids is 1. The number of ether oxygens (including phenoxy) is 2. The van der Waals surface area contributed by atoms with Crippen molar-refractivity contribution in [1.82, 2.24) is 4.98 Å². The van der Waals surface area contributed by atoms with Gasteiger partial charge >= 0.3 is 12.2 Å². The second kappa shape index (κ2) is 9.50. The Morgan fingerprint density at radius 3 is 2.06 bits per heavy atom. The first kappa shape index (κ1) is 21.3. The number of fused-ring (bicyclic) bond motifs is 1. The molecule has 5 aromatic rings. The van der Waals surface area contributed by atoms with Crippen LogP contribution in [0.3, 0.4) is 0 Å². The van der Waals surface area contributed by atoms with E-state index in [-0.39, 0.29) is 0 Å². The van der Waals surface area contributed by atoms with E-state index in [2.05, 4.69) is 10.3 Å². The quantitative estimate of drug-likeness (QED) is 0.298. The average molecular weight is 450 g/mol. The van der Waals surface area contributed by atoms with Gasteiger partial charge in [0.1, 0.15) is 17.0 Å². The maximum Gasteiger partial charge on any atom is 0.321 e. The van der Waals surface area contributed by atoms with Crippen molar-refractivity contribution >= 4 is 22.7 Å². The van der Waals surface area contributed by atoms with E-state index >= 15 is 0 Å². The minimum atomic E-state index is -1.19. The Balaban J connectivity index is 1.37. The van der Waals surface area contributed by atoms with Gasteiger partial charge in [0, 0.05) is 11.3 Å². The van der Waals surface area contributed by atoms with Gasteiger partial charge in [0.25, 0.3) is 0 Å². The van der Waals surface area contributed by atoms with E-state index in [1.165, 1.54) is 0 Å². The smallest absolute Gasteiger partial charge is 0.321 e. The summed E-state index contributed by atoms with van der Waals surface area (Å²) >= 11 is 0. The Morgan fingerprint density at radius 2 is 1.44 bits per heavy atom. The number of benzene rings is 4. The number of rotatable bonds is 7. The van der Waals surface area contributed by atoms with Gasteiger partial charge in [0.2, 0.25) is 5.89 Å². The largest absolute Gasteiger partial charge is 0.446 e. The van der Waals surface area contributed by atoms with Crippen LogP contribution in [0.15, 0.2) is 108 Å². The molecule has 1 heterocycles. The van der Waals surface area contributed by atoms with E-state index in [9.17, 15) is 4.79 Å². The summed E-state index contributed by atoms with van der Waals surface area (Å²) in [4.78, 5) is 17.7. The van der Waals surface area contributed by atoms with Crippen LogP contribution >= 0.6 is 0 Å². The highest BCUT2D eigenvalue weighted by molar-refractivity contribution is 5.95. The van der Waals surface area contributed by atoms with E-state index < -0.39 is 12.2 Å². The molecule has 0 saturated heterocycles. The van der Waals surface area contributed by atoms with Crippen molar-refractivity contribution in [3.8, 4) is 23.0 Å². The Hall–Kier alpha value is -4.58. The van der Waals surface area contributed by atoms with Crippen LogP contribution in [0.1, 0.15) is 5.56 Å². The van der Waals surface area contributed by atoms with Crippen LogP contribution in [-0.2, 0) is 4.79 Å². The molecule has 6 heteroatoms. The second-order valence-corrected chi connectivity index (χ2v) is 7.75. The lowest BCUT2D eigenvalue weighted by Crippen LogP contribution is -2.38. The second-order valence-electron chi connectivity index (χ2n) is 7.75. The molecule has 6 nitrogen and oxygen atoms in total. The number of anilines is 1. The van der Waals surface area contributed by atoms with Gasteiger partial charge in [0.05, 0.1) is 0 Å². The van der Waals surface area contributed by atoms with E-state index in [4.69, 9.17) is 13.9 Å². The van der Waals surface area contributed by atoms with Crippen LogP contribution < -0.4 is 14.8 Å². The van der Waals surface area contributed by atoms with Gasteiger partial charge in [-0.3, -0.25) is 4.79 Å². The zero-order valence-electron chi connectivity index (χ0n) is 18.5. The third-order valence-corrected chi connectivity index (χ3v) is 5.14. The zero-order chi connectivity index (χ0) is 23.3. The van der Waals surface area contributed by atoms with Crippen LogP contribution in [-0.4, -0.2) is 17.2 Å². The topological polar surface area (TPSA) is 73.6 Å². The van der Waals surface area contributed by atoms with E-state index in [1.54, 1.807) is 42.5 Å². The number of nitrogens with zero attached hydrogens (tertiary/aromatic N) is 1. The molecular weight excluding hydrogens is 428 g/mol. The van der Waals surface area contributed by atoms with E-state index in [0.717, 1.165) is 11.1 Å². The first-order chi connectivity index (χ1) is 16.6. The number of nitrogens with one attached hydrogen (secondary N) is 1. The highest BCUT2D eigenvalue weighted by Crippen LogP contribution is 2.27. The maximum atomic E-state index is 13.1. The monoisotopic (exact) mass is 450 g/mol. The fourth-order valence-electron chi connectivity index (χ4n) is 3.40. The Bertz CT molecular complexity index is 1360. The number of hydrogen-bond acceptors (Lipinski definition) is 5. The lowest BCUT2D eigenvalue weighted by atomic mass is 10.1. The normalized spacial score (nSPS) is 10.9. The number of hydrogen-bond donors (Lipinski definition) is 1. The molecule has 0 aliphatic carbocycles. The summed E-state index contributed by atoms with van der Waals surface area (Å²) in [5, 5.41) is 2.86. The summed E-state index contributed by atoms with van der Waals surface area (Å²) in [6.45, 7) is 2.03. The number of para-hydroxylation sites is 2. The van der Waals surface area contributed by atoms with Crippen molar-refractivity contribution in [2.75, 3.05) is 5.32 Å². The average Bonchev–Trinajstić information content (AvgIpc) is 3.29. The molecule has 0 spiro atoms. The lowest BCUT2D eigenvalue weighted by molar-refractivity contribution is -0.134. The van der Waals surface area contributed by atoms with Crippen LogP contribution in [0.5, 0.6) is 11.5 Å². The minimum Gasteiger partial charge on any atom is -0.446 e. The Kier molecular flexibility index (Phi) is 5.95. The SMILES string of the molecule is Cc1ccc(-c2nc3cc(NC(=O)C(Oc4ccccc4)Oc4ccccc4)ccc3o2)cc1. The van der Waals surface area contributed by atoms with Crippen molar-refractivity contribution in [2.45, 2.75) is 13.2 Å². The van der Waals surface area contributed by atoms with Gasteiger partial charge in [0.15, 0.2) is 5.58 Å². The molecule has 0 unspecified atom stereocenters. The molecule has 0 aliphatic heterocycles. The maximum absolute atomic E-state index is 13.1. The number of oxazole rings is 1. The summed E-state index contributed by atoms with van der Waals surface area (Å²) < 4.78 is 17.6. The molecule has 168 valence electrons. The third-order valence-electron chi connectivity index (χ3n) is 5.14. The summed E-state index contributed by atoms with van der Waals surface area (Å²) in [7, 11) is 0. The number of amides is 1. The van der Waals surface area contributed by atoms with Crippen molar-refractivity contribution in [3.63, 3.8) is 0 Å². The third kappa shape index (κ3) is 4.91. The first-order valence-corrected chi connectivity index (χ1v) is 10.9. The summed E-state index contributed by atoms with van der Waals surface area (Å²) in [6, 6.07) is 31.4. The highest BCUT2D eigenvalue weighted by Gasteiger charge is 2.23. The van der Waals surface area contributed by atoms with E-state index in [1.807, 2.05) is 67.6 Å². The van der Waals surface area contributed by atoms with Gasteiger partial charge in [-0.2, -0.15) is 0 Å². The number of carbonyl (C=O) groups is 1. The molecule has 4 aromatic carbocycles. The standard InChI is InChI=1S/C28H22N2O4/c1-19-12-14-20(15-13-19)27-30-24-18-21(16-17-25(24)34-27)29-26(31)28(32-22-8-4-2-5-9-22)33-23-10-6-3-7-11-23/h2-18,28H,1H3,(H,29,31). The van der Waals surface area contributed by atoms with Crippen molar-refractivity contribution in [3.05, 3.63) is 109 Å². The van der Waals surface area contributed by atoms with Crippen molar-refractivity contribution in [2.24, 2.45) is 0 Å². The van der Waals surface area contributed by atoms with Gasteiger partial charge in [-0.1, -0.05) is 54.1 Å². The Morgan fingerprint density at radius 1 is 0.824 bits per heavy atom. The Labute approximate surface area is 196 Å².